The van der Waals surface area contributed by atoms with Crippen LogP contribution in [0.15, 0.2) is 41.6 Å². The van der Waals surface area contributed by atoms with E-state index < -0.39 is 10.0 Å². The Bertz CT molecular complexity index is 622. The van der Waals surface area contributed by atoms with E-state index in [9.17, 15) is 8.42 Å². The number of benzene rings is 1. The normalized spacial score (nSPS) is 11.4. The lowest BCUT2D eigenvalue weighted by atomic mass is 10.2. The van der Waals surface area contributed by atoms with Crippen LogP contribution in [0.25, 0.3) is 0 Å². The highest BCUT2D eigenvalue weighted by molar-refractivity contribution is 7.92. The third-order valence-electron chi connectivity index (χ3n) is 2.66. The Labute approximate surface area is 105 Å². The fourth-order valence-corrected chi connectivity index (χ4v) is 2.79. The standard InChI is InChI=1S/C11H14N4O2S/c1-15(10-5-3-2-4-9(10)8-12)18(16,17)11-6-7-13-14-11/h2-7H,8,12H2,1H3,(H,13,14). The average Bonchev–Trinajstić information content (AvgIpc) is 2.92. The maximum atomic E-state index is 12.3. The third kappa shape index (κ3) is 2.09. The fourth-order valence-electron chi connectivity index (χ4n) is 1.65. The summed E-state index contributed by atoms with van der Waals surface area (Å²) in [6, 6.07) is 8.52. The van der Waals surface area contributed by atoms with Gasteiger partial charge in [-0.3, -0.25) is 9.40 Å². The third-order valence-corrected chi connectivity index (χ3v) is 4.37. The summed E-state index contributed by atoms with van der Waals surface area (Å²) < 4.78 is 25.7. The van der Waals surface area contributed by atoms with Gasteiger partial charge in [0.15, 0.2) is 5.03 Å². The number of anilines is 1. The Morgan fingerprint density at radius 2 is 2.06 bits per heavy atom. The molecular formula is C11H14N4O2S. The molecule has 18 heavy (non-hydrogen) atoms. The minimum absolute atomic E-state index is 0.0526. The average molecular weight is 266 g/mol. The van der Waals surface area contributed by atoms with Gasteiger partial charge in [0.1, 0.15) is 0 Å². The Kier molecular flexibility index (Phi) is 3.35. The molecular weight excluding hydrogens is 252 g/mol. The molecule has 7 heteroatoms. The molecule has 0 saturated carbocycles. The second-order valence-corrected chi connectivity index (χ2v) is 5.66. The van der Waals surface area contributed by atoms with Gasteiger partial charge in [-0.1, -0.05) is 18.2 Å². The number of aromatic nitrogens is 2. The van der Waals surface area contributed by atoms with Crippen LogP contribution in [0, 0.1) is 0 Å². The first-order valence-corrected chi connectivity index (χ1v) is 6.77. The number of rotatable bonds is 4. The van der Waals surface area contributed by atoms with Crippen LogP contribution in [0.1, 0.15) is 5.56 Å². The van der Waals surface area contributed by atoms with Crippen molar-refractivity contribution in [3.63, 3.8) is 0 Å². The molecule has 0 saturated heterocycles. The van der Waals surface area contributed by atoms with Crippen LogP contribution < -0.4 is 10.0 Å². The highest BCUT2D eigenvalue weighted by Gasteiger charge is 2.23. The van der Waals surface area contributed by atoms with E-state index in [2.05, 4.69) is 10.2 Å². The summed E-state index contributed by atoms with van der Waals surface area (Å²) in [5.74, 6) is 0. The van der Waals surface area contributed by atoms with E-state index in [0.29, 0.717) is 5.69 Å². The molecule has 6 nitrogen and oxygen atoms in total. The molecule has 1 aromatic heterocycles. The van der Waals surface area contributed by atoms with E-state index in [4.69, 9.17) is 5.73 Å². The lowest BCUT2D eigenvalue weighted by molar-refractivity contribution is 0.590. The number of para-hydroxylation sites is 1. The molecule has 0 fully saturated rings. The quantitative estimate of drug-likeness (QED) is 0.851. The molecule has 0 aliphatic rings. The van der Waals surface area contributed by atoms with Crippen LogP contribution in [0.2, 0.25) is 0 Å². The van der Waals surface area contributed by atoms with E-state index in [1.165, 1.54) is 23.6 Å². The fraction of sp³-hybridized carbons (Fsp3) is 0.182. The Morgan fingerprint density at radius 1 is 1.33 bits per heavy atom. The van der Waals surface area contributed by atoms with E-state index in [0.717, 1.165) is 5.56 Å². The summed E-state index contributed by atoms with van der Waals surface area (Å²) in [4.78, 5) is 0. The summed E-state index contributed by atoms with van der Waals surface area (Å²) in [6.45, 7) is 0.277. The lowest BCUT2D eigenvalue weighted by Gasteiger charge is -2.20. The van der Waals surface area contributed by atoms with Gasteiger partial charge in [-0.2, -0.15) is 13.5 Å². The summed E-state index contributed by atoms with van der Waals surface area (Å²) in [5, 5.41) is 6.16. The van der Waals surface area contributed by atoms with E-state index in [-0.39, 0.29) is 11.6 Å². The molecule has 0 radical (unpaired) electrons. The van der Waals surface area contributed by atoms with Gasteiger partial charge in [0.2, 0.25) is 0 Å². The molecule has 0 atom stereocenters. The number of H-pyrrole nitrogens is 1. The summed E-state index contributed by atoms with van der Waals surface area (Å²) in [7, 11) is -2.13. The molecule has 0 spiro atoms. The van der Waals surface area contributed by atoms with Gasteiger partial charge in [0.25, 0.3) is 10.0 Å². The number of nitrogens with two attached hydrogens (primary N) is 1. The molecule has 0 bridgehead atoms. The summed E-state index contributed by atoms with van der Waals surface area (Å²) in [5.41, 5.74) is 6.94. The number of aromatic amines is 1. The monoisotopic (exact) mass is 266 g/mol. The number of nitrogens with zero attached hydrogens (tertiary/aromatic N) is 2. The maximum Gasteiger partial charge on any atom is 0.281 e. The second-order valence-electron chi connectivity index (χ2n) is 3.73. The Morgan fingerprint density at radius 3 is 2.67 bits per heavy atom. The first-order valence-electron chi connectivity index (χ1n) is 5.33. The van der Waals surface area contributed by atoms with Crippen molar-refractivity contribution >= 4 is 15.7 Å². The SMILES string of the molecule is CN(c1ccccc1CN)S(=O)(=O)c1ccn[nH]1. The highest BCUT2D eigenvalue weighted by Crippen LogP contribution is 2.24. The summed E-state index contributed by atoms with van der Waals surface area (Å²) in [6.07, 6.45) is 1.40. The molecule has 0 aliphatic carbocycles. The largest absolute Gasteiger partial charge is 0.326 e. The van der Waals surface area contributed by atoms with Gasteiger partial charge in [0.05, 0.1) is 11.9 Å². The van der Waals surface area contributed by atoms with E-state index >= 15 is 0 Å². The van der Waals surface area contributed by atoms with Gasteiger partial charge >= 0.3 is 0 Å². The number of hydrogen-bond acceptors (Lipinski definition) is 4. The van der Waals surface area contributed by atoms with Crippen molar-refractivity contribution in [3.05, 3.63) is 42.1 Å². The van der Waals surface area contributed by atoms with Gasteiger partial charge in [-0.15, -0.1) is 0 Å². The van der Waals surface area contributed by atoms with Crippen molar-refractivity contribution in [3.8, 4) is 0 Å². The van der Waals surface area contributed by atoms with Crippen LogP contribution in [0.3, 0.4) is 0 Å². The first kappa shape index (κ1) is 12.6. The predicted octanol–water partition coefficient (Wildman–Crippen LogP) is 0.694. The van der Waals surface area contributed by atoms with Crippen LogP contribution in [-0.2, 0) is 16.6 Å². The zero-order chi connectivity index (χ0) is 13.2. The molecule has 0 amide bonds. The van der Waals surface area contributed by atoms with Crippen LogP contribution in [0.4, 0.5) is 5.69 Å². The van der Waals surface area contributed by atoms with E-state index in [1.54, 1.807) is 18.2 Å². The van der Waals surface area contributed by atoms with Crippen molar-refractivity contribution in [1.29, 1.82) is 0 Å². The molecule has 0 aliphatic heterocycles. The van der Waals surface area contributed by atoms with Crippen LogP contribution in [0.5, 0.6) is 0 Å². The van der Waals surface area contributed by atoms with Crippen LogP contribution in [-0.4, -0.2) is 25.7 Å². The van der Waals surface area contributed by atoms with Crippen molar-refractivity contribution in [2.24, 2.45) is 5.73 Å². The number of hydrogen-bond donors (Lipinski definition) is 2. The van der Waals surface area contributed by atoms with Gasteiger partial charge in [0, 0.05) is 13.6 Å². The van der Waals surface area contributed by atoms with Gasteiger partial charge in [-0.25, -0.2) is 0 Å². The second kappa shape index (κ2) is 4.79. The van der Waals surface area contributed by atoms with Crippen LogP contribution >= 0.6 is 0 Å². The van der Waals surface area contributed by atoms with E-state index in [1.807, 2.05) is 6.07 Å². The van der Waals surface area contributed by atoms with Crippen molar-refractivity contribution in [2.45, 2.75) is 11.6 Å². The zero-order valence-electron chi connectivity index (χ0n) is 9.87. The van der Waals surface area contributed by atoms with Gasteiger partial charge < -0.3 is 5.73 Å². The van der Waals surface area contributed by atoms with Crippen molar-refractivity contribution < 1.29 is 8.42 Å². The molecule has 2 rings (SSSR count). The Balaban J connectivity index is 2.46. The number of nitrogens with one attached hydrogen (secondary N) is 1. The smallest absolute Gasteiger partial charge is 0.281 e. The summed E-state index contributed by atoms with van der Waals surface area (Å²) >= 11 is 0. The molecule has 0 unspecified atom stereocenters. The molecule has 1 aromatic carbocycles. The molecule has 1 heterocycles. The molecule has 96 valence electrons. The van der Waals surface area contributed by atoms with Crippen molar-refractivity contribution in [2.75, 3.05) is 11.4 Å². The lowest BCUT2D eigenvalue weighted by Crippen LogP contribution is -2.28. The number of sulfonamides is 1. The first-order chi connectivity index (χ1) is 8.57. The Hall–Kier alpha value is -1.86. The molecule has 2 aromatic rings. The zero-order valence-corrected chi connectivity index (χ0v) is 10.7. The highest BCUT2D eigenvalue weighted by atomic mass is 32.2. The van der Waals surface area contributed by atoms with Gasteiger partial charge in [-0.05, 0) is 17.7 Å². The van der Waals surface area contributed by atoms with Crippen molar-refractivity contribution in [1.82, 2.24) is 10.2 Å². The molecule has 3 N–H and O–H groups in total. The minimum atomic E-state index is -3.62. The minimum Gasteiger partial charge on any atom is -0.326 e. The topological polar surface area (TPSA) is 92.1 Å². The maximum absolute atomic E-state index is 12.3. The predicted molar refractivity (Wildman–Crippen MR) is 68.5 cm³/mol.